The lowest BCUT2D eigenvalue weighted by atomic mass is 10.1. The van der Waals surface area contributed by atoms with Crippen LogP contribution in [0.1, 0.15) is 17.7 Å². The molecule has 1 amide bonds. The molecule has 2 rings (SSSR count). The molecule has 1 aromatic carbocycles. The Morgan fingerprint density at radius 1 is 1.12 bits per heavy atom. The summed E-state index contributed by atoms with van der Waals surface area (Å²) in [6, 6.07) is 10.00. The quantitative estimate of drug-likeness (QED) is 0.577. The first-order chi connectivity index (χ1) is 11.4. The second-order valence-corrected chi connectivity index (χ2v) is 6.86. The molecule has 0 radical (unpaired) electrons. The van der Waals surface area contributed by atoms with Gasteiger partial charge in [0.25, 0.3) is 0 Å². The van der Waals surface area contributed by atoms with Crippen LogP contribution in [-0.2, 0) is 27.8 Å². The van der Waals surface area contributed by atoms with E-state index in [-0.39, 0.29) is 10.8 Å². The Morgan fingerprint density at radius 2 is 1.88 bits per heavy atom. The first-order valence-electron chi connectivity index (χ1n) is 7.57. The highest BCUT2D eigenvalue weighted by molar-refractivity contribution is 7.89. The van der Waals surface area contributed by atoms with Crippen molar-refractivity contribution < 1.29 is 17.6 Å². The van der Waals surface area contributed by atoms with Gasteiger partial charge in [0.05, 0.1) is 17.7 Å². The molecule has 0 spiro atoms. The molecule has 0 saturated heterocycles. The summed E-state index contributed by atoms with van der Waals surface area (Å²) in [4.78, 5) is 11.8. The van der Waals surface area contributed by atoms with E-state index >= 15 is 0 Å². The van der Waals surface area contributed by atoms with E-state index in [1.165, 1.54) is 12.1 Å². The molecular weight excluding hydrogens is 330 g/mol. The topological polar surface area (TPSA) is 114 Å². The molecule has 24 heavy (non-hydrogen) atoms. The molecule has 2 aromatic rings. The van der Waals surface area contributed by atoms with E-state index in [2.05, 4.69) is 10.6 Å². The number of carbonyl (C=O) groups excluding carboxylic acids is 1. The molecule has 0 aliphatic carbocycles. The van der Waals surface area contributed by atoms with E-state index in [1.807, 2.05) is 12.1 Å². The van der Waals surface area contributed by atoms with Gasteiger partial charge in [0.15, 0.2) is 0 Å². The summed E-state index contributed by atoms with van der Waals surface area (Å²) >= 11 is 0. The molecule has 0 bridgehead atoms. The summed E-state index contributed by atoms with van der Waals surface area (Å²) in [5, 5.41) is 11.0. The summed E-state index contributed by atoms with van der Waals surface area (Å²) < 4.78 is 27.5. The Kier molecular flexibility index (Phi) is 6.53. The van der Waals surface area contributed by atoms with Gasteiger partial charge in [-0.25, -0.2) is 13.6 Å². The number of rotatable bonds is 9. The van der Waals surface area contributed by atoms with Crippen LogP contribution in [0.25, 0.3) is 0 Å². The summed E-state index contributed by atoms with van der Waals surface area (Å²) in [5.41, 5.74) is 0.929. The number of sulfonamides is 1. The van der Waals surface area contributed by atoms with Crippen molar-refractivity contribution in [2.45, 2.75) is 24.3 Å². The maximum atomic E-state index is 11.7. The predicted octanol–water partition coefficient (Wildman–Crippen LogP) is 0.766. The standard InChI is InChI=1S/C16H21N3O4S/c17-24(21,22)15-5-3-13(4-6-15)7-10-19-16(20)8-9-18-12-14-2-1-11-23-14/h1-6,11,18H,7-10,12H2,(H,19,20)(H2,17,21,22). The Labute approximate surface area is 141 Å². The number of primary sulfonamides is 1. The zero-order valence-corrected chi connectivity index (χ0v) is 14.0. The van der Waals surface area contributed by atoms with E-state index in [9.17, 15) is 13.2 Å². The first-order valence-corrected chi connectivity index (χ1v) is 9.11. The molecule has 0 unspecified atom stereocenters. The molecule has 7 nitrogen and oxygen atoms in total. The molecule has 0 aliphatic heterocycles. The van der Waals surface area contributed by atoms with Gasteiger partial charge in [0.2, 0.25) is 15.9 Å². The SMILES string of the molecule is NS(=O)(=O)c1ccc(CCNC(=O)CCNCc2ccco2)cc1. The first kappa shape index (κ1) is 18.2. The number of nitrogens with one attached hydrogen (secondary N) is 2. The van der Waals surface area contributed by atoms with Crippen LogP contribution in [0.4, 0.5) is 0 Å². The lowest BCUT2D eigenvalue weighted by Crippen LogP contribution is -2.29. The molecule has 1 heterocycles. The maximum absolute atomic E-state index is 11.7. The van der Waals surface area contributed by atoms with E-state index in [0.29, 0.717) is 32.5 Å². The fourth-order valence-corrected chi connectivity index (χ4v) is 2.62. The number of benzene rings is 1. The molecule has 4 N–H and O–H groups in total. The molecule has 1 aromatic heterocycles. The largest absolute Gasteiger partial charge is 0.468 e. The van der Waals surface area contributed by atoms with Crippen LogP contribution < -0.4 is 15.8 Å². The number of carbonyl (C=O) groups is 1. The minimum Gasteiger partial charge on any atom is -0.468 e. The number of amides is 1. The number of furan rings is 1. The summed E-state index contributed by atoms with van der Waals surface area (Å²) in [6.07, 6.45) is 2.61. The van der Waals surface area contributed by atoms with Gasteiger partial charge in [0.1, 0.15) is 5.76 Å². The molecule has 0 fully saturated rings. The second-order valence-electron chi connectivity index (χ2n) is 5.30. The monoisotopic (exact) mass is 351 g/mol. The van der Waals surface area contributed by atoms with Gasteiger partial charge in [-0.2, -0.15) is 0 Å². The van der Waals surface area contributed by atoms with Crippen LogP contribution >= 0.6 is 0 Å². The van der Waals surface area contributed by atoms with Crippen molar-refractivity contribution in [3.05, 3.63) is 54.0 Å². The molecule has 0 atom stereocenters. The van der Waals surface area contributed by atoms with Gasteiger partial charge in [-0.15, -0.1) is 0 Å². The van der Waals surface area contributed by atoms with Crippen molar-refractivity contribution in [3.63, 3.8) is 0 Å². The summed E-state index contributed by atoms with van der Waals surface area (Å²) in [6.45, 7) is 1.65. The van der Waals surface area contributed by atoms with Crippen LogP contribution in [0.5, 0.6) is 0 Å². The van der Waals surface area contributed by atoms with E-state index in [4.69, 9.17) is 9.56 Å². The lowest BCUT2D eigenvalue weighted by molar-refractivity contribution is -0.120. The maximum Gasteiger partial charge on any atom is 0.238 e. The zero-order valence-electron chi connectivity index (χ0n) is 13.2. The smallest absolute Gasteiger partial charge is 0.238 e. The third-order valence-corrected chi connectivity index (χ3v) is 4.33. The fraction of sp³-hybridized carbons (Fsp3) is 0.312. The van der Waals surface area contributed by atoms with E-state index in [0.717, 1.165) is 11.3 Å². The third-order valence-electron chi connectivity index (χ3n) is 3.40. The normalized spacial score (nSPS) is 11.4. The molecule has 130 valence electrons. The Morgan fingerprint density at radius 3 is 2.50 bits per heavy atom. The highest BCUT2D eigenvalue weighted by Crippen LogP contribution is 2.08. The van der Waals surface area contributed by atoms with Gasteiger partial charge in [0, 0.05) is 19.5 Å². The molecule has 0 aliphatic rings. The van der Waals surface area contributed by atoms with Crippen LogP contribution in [-0.4, -0.2) is 27.4 Å². The minimum absolute atomic E-state index is 0.0388. The minimum atomic E-state index is -3.67. The van der Waals surface area contributed by atoms with Crippen molar-refractivity contribution in [2.75, 3.05) is 13.1 Å². The highest BCUT2D eigenvalue weighted by atomic mass is 32.2. The van der Waals surface area contributed by atoms with Gasteiger partial charge in [-0.05, 0) is 36.2 Å². The average Bonchev–Trinajstić information content (AvgIpc) is 3.04. The van der Waals surface area contributed by atoms with Crippen molar-refractivity contribution in [3.8, 4) is 0 Å². The van der Waals surface area contributed by atoms with Crippen LogP contribution in [0.2, 0.25) is 0 Å². The van der Waals surface area contributed by atoms with Crippen LogP contribution in [0.3, 0.4) is 0 Å². The van der Waals surface area contributed by atoms with Gasteiger partial charge in [-0.1, -0.05) is 12.1 Å². The Balaban J connectivity index is 1.62. The Hall–Kier alpha value is -2.16. The van der Waals surface area contributed by atoms with Crippen LogP contribution in [0, 0.1) is 0 Å². The number of hydrogen-bond acceptors (Lipinski definition) is 5. The average molecular weight is 351 g/mol. The van der Waals surface area contributed by atoms with Gasteiger partial charge in [-0.3, -0.25) is 4.79 Å². The molecule has 8 heteroatoms. The summed E-state index contributed by atoms with van der Waals surface area (Å²) in [7, 11) is -3.67. The van der Waals surface area contributed by atoms with E-state index < -0.39 is 10.0 Å². The van der Waals surface area contributed by atoms with Crippen molar-refractivity contribution >= 4 is 15.9 Å². The number of hydrogen-bond donors (Lipinski definition) is 3. The predicted molar refractivity (Wildman–Crippen MR) is 89.6 cm³/mol. The second kappa shape index (κ2) is 8.62. The molecular formula is C16H21N3O4S. The lowest BCUT2D eigenvalue weighted by Gasteiger charge is -2.06. The van der Waals surface area contributed by atoms with Gasteiger partial charge >= 0.3 is 0 Å². The fourth-order valence-electron chi connectivity index (χ4n) is 2.11. The van der Waals surface area contributed by atoms with E-state index in [1.54, 1.807) is 18.4 Å². The summed E-state index contributed by atoms with van der Waals surface area (Å²) in [5.74, 6) is 0.793. The molecule has 0 saturated carbocycles. The number of nitrogens with two attached hydrogens (primary N) is 1. The van der Waals surface area contributed by atoms with Crippen molar-refractivity contribution in [1.82, 2.24) is 10.6 Å². The van der Waals surface area contributed by atoms with Crippen LogP contribution in [0.15, 0.2) is 52.0 Å². The zero-order chi connectivity index (χ0) is 17.4. The van der Waals surface area contributed by atoms with Crippen molar-refractivity contribution in [1.29, 1.82) is 0 Å². The Bertz CT molecular complexity index is 740. The van der Waals surface area contributed by atoms with Crippen molar-refractivity contribution in [2.24, 2.45) is 5.14 Å². The third kappa shape index (κ3) is 6.15. The van der Waals surface area contributed by atoms with Gasteiger partial charge < -0.3 is 15.1 Å². The highest BCUT2D eigenvalue weighted by Gasteiger charge is 2.07.